The normalized spacial score (nSPS) is 24.2. The van der Waals surface area contributed by atoms with Gasteiger partial charge in [0.1, 0.15) is 40.7 Å². The molecule has 2 aromatic carbocycles. The van der Waals surface area contributed by atoms with Crippen molar-refractivity contribution in [1.82, 2.24) is 19.9 Å². The lowest BCUT2D eigenvalue weighted by atomic mass is 9.97. The van der Waals surface area contributed by atoms with Gasteiger partial charge in [-0.1, -0.05) is 35.5 Å². The first-order chi connectivity index (χ1) is 19.5. The Bertz CT molecular complexity index is 1310. The van der Waals surface area contributed by atoms with E-state index in [2.05, 4.69) is 10.3 Å². The van der Waals surface area contributed by atoms with Gasteiger partial charge in [-0.05, 0) is 31.0 Å². The summed E-state index contributed by atoms with van der Waals surface area (Å²) >= 11 is 0.843. The first kappa shape index (κ1) is 30.9. The molecule has 7 atom stereocenters. The van der Waals surface area contributed by atoms with Crippen LogP contribution < -0.4 is 0 Å². The van der Waals surface area contributed by atoms with Crippen LogP contribution in [-0.4, -0.2) is 102 Å². The summed E-state index contributed by atoms with van der Waals surface area (Å²) in [5.41, 5.74) is -0.647. The van der Waals surface area contributed by atoms with Gasteiger partial charge in [0.05, 0.1) is 18.9 Å². The van der Waals surface area contributed by atoms with E-state index in [4.69, 9.17) is 4.74 Å². The summed E-state index contributed by atoms with van der Waals surface area (Å²) in [7, 11) is 1.57. The molecule has 4 N–H and O–H groups in total. The Balaban J connectivity index is 1.62. The highest BCUT2D eigenvalue weighted by molar-refractivity contribution is 8.01. The molecule has 41 heavy (non-hydrogen) atoms. The highest BCUT2D eigenvalue weighted by Crippen LogP contribution is 2.38. The molecule has 1 saturated heterocycles. The zero-order valence-electron chi connectivity index (χ0n) is 22.2. The maximum atomic E-state index is 13.8. The van der Waals surface area contributed by atoms with Crippen LogP contribution in [0.5, 0.6) is 0 Å². The third-order valence-electron chi connectivity index (χ3n) is 6.96. The van der Waals surface area contributed by atoms with Crippen LogP contribution in [0.25, 0.3) is 11.3 Å². The van der Waals surface area contributed by atoms with E-state index in [0.29, 0.717) is 6.54 Å². The van der Waals surface area contributed by atoms with Crippen LogP contribution in [0.1, 0.15) is 18.5 Å². The lowest BCUT2D eigenvalue weighted by Crippen LogP contribution is -2.56. The molecule has 1 aliphatic heterocycles. The number of aliphatic hydroxyl groups is 4. The Morgan fingerprint density at radius 3 is 2.41 bits per heavy atom. The lowest BCUT2D eigenvalue weighted by Gasteiger charge is -2.43. The van der Waals surface area contributed by atoms with Crippen molar-refractivity contribution in [1.29, 1.82) is 0 Å². The highest BCUT2D eigenvalue weighted by atomic mass is 32.2. The molecule has 0 spiro atoms. The molecule has 1 aliphatic rings. The summed E-state index contributed by atoms with van der Waals surface area (Å²) in [5.74, 6) is -4.92. The zero-order valence-corrected chi connectivity index (χ0v) is 23.0. The first-order valence-electron chi connectivity index (χ1n) is 12.9. The minimum absolute atomic E-state index is 0.0747. The Labute approximate surface area is 238 Å². The predicted octanol–water partition coefficient (Wildman–Crippen LogP) is 1.53. The van der Waals surface area contributed by atoms with Crippen molar-refractivity contribution < 1.29 is 43.1 Å². The molecule has 4 rings (SSSR count). The number of ether oxygens (including phenoxy) is 1. The molecule has 1 fully saturated rings. The van der Waals surface area contributed by atoms with Crippen molar-refractivity contribution >= 4 is 17.7 Å². The second-order valence-electron chi connectivity index (χ2n) is 9.70. The summed E-state index contributed by atoms with van der Waals surface area (Å²) in [6.07, 6.45) is -4.12. The van der Waals surface area contributed by atoms with E-state index in [-0.39, 0.29) is 17.7 Å². The summed E-state index contributed by atoms with van der Waals surface area (Å²) in [4.78, 5) is 14.7. The molecule has 3 aromatic rings. The zero-order chi connectivity index (χ0) is 29.8. The predicted molar refractivity (Wildman–Crippen MR) is 143 cm³/mol. The van der Waals surface area contributed by atoms with E-state index < -0.39 is 71.1 Å². The van der Waals surface area contributed by atoms with Gasteiger partial charge in [-0.2, -0.15) is 0 Å². The fraction of sp³-hybridized carbons (Fsp3) is 0.444. The Morgan fingerprint density at radius 2 is 1.80 bits per heavy atom. The lowest BCUT2D eigenvalue weighted by molar-refractivity contribution is -0.178. The van der Waals surface area contributed by atoms with Crippen LogP contribution >= 0.6 is 11.8 Å². The van der Waals surface area contributed by atoms with Crippen LogP contribution in [-0.2, 0) is 16.0 Å². The number of amides is 1. The van der Waals surface area contributed by atoms with Crippen LogP contribution in [0.2, 0.25) is 0 Å². The number of nitrogens with zero attached hydrogens (tertiary/aromatic N) is 4. The topological polar surface area (TPSA) is 141 Å². The number of halogens is 3. The number of aromatic nitrogens is 3. The van der Waals surface area contributed by atoms with Gasteiger partial charge < -0.3 is 30.1 Å². The number of hydrogen-bond donors (Lipinski definition) is 4. The molecule has 1 amide bonds. The minimum atomic E-state index is -1.64. The van der Waals surface area contributed by atoms with Crippen LogP contribution in [0.15, 0.2) is 48.7 Å². The molecular formula is C27H31F3N4O6S. The monoisotopic (exact) mass is 596 g/mol. The SMILES string of the molecule is CCN(C)C(=O)[C@@H](S[C@@H]1O[C@H](CO)[C@H](O)[C@H](n2cc(-c3cc(F)c(F)c(F)c3)nn2)[C@H]1O)[C@H](O)Cc1ccccc1. The fourth-order valence-corrected chi connectivity index (χ4v) is 5.94. The van der Waals surface area contributed by atoms with Crippen LogP contribution in [0.3, 0.4) is 0 Å². The van der Waals surface area contributed by atoms with E-state index in [1.165, 1.54) is 11.1 Å². The van der Waals surface area contributed by atoms with Gasteiger partial charge in [-0.25, -0.2) is 17.9 Å². The molecule has 222 valence electrons. The van der Waals surface area contributed by atoms with E-state index in [0.717, 1.165) is 34.1 Å². The maximum absolute atomic E-state index is 13.8. The summed E-state index contributed by atoms with van der Waals surface area (Å²) in [6.45, 7) is 1.47. The molecule has 14 heteroatoms. The van der Waals surface area contributed by atoms with Gasteiger partial charge in [0.25, 0.3) is 0 Å². The Kier molecular flexibility index (Phi) is 10.0. The van der Waals surface area contributed by atoms with E-state index in [9.17, 15) is 38.4 Å². The van der Waals surface area contributed by atoms with Gasteiger partial charge >= 0.3 is 0 Å². The molecule has 0 radical (unpaired) electrons. The number of carbonyl (C=O) groups is 1. The van der Waals surface area contributed by atoms with Gasteiger partial charge in [0.15, 0.2) is 17.5 Å². The van der Waals surface area contributed by atoms with Gasteiger partial charge in [-0.15, -0.1) is 16.9 Å². The van der Waals surface area contributed by atoms with Gasteiger partial charge in [0, 0.05) is 19.2 Å². The Hall–Kier alpha value is -3.01. The molecule has 0 saturated carbocycles. The molecule has 2 heterocycles. The summed E-state index contributed by atoms with van der Waals surface area (Å²) in [5, 5.41) is 49.9. The van der Waals surface area contributed by atoms with Crippen molar-refractivity contribution in [3.63, 3.8) is 0 Å². The Morgan fingerprint density at radius 1 is 1.15 bits per heavy atom. The number of carbonyl (C=O) groups excluding carboxylic acids is 1. The first-order valence-corrected chi connectivity index (χ1v) is 13.8. The van der Waals surface area contributed by atoms with E-state index in [1.54, 1.807) is 38.2 Å². The molecule has 10 nitrogen and oxygen atoms in total. The average molecular weight is 597 g/mol. The summed E-state index contributed by atoms with van der Waals surface area (Å²) < 4.78 is 47.8. The number of benzene rings is 2. The number of hydrogen-bond acceptors (Lipinski definition) is 9. The number of rotatable bonds is 10. The fourth-order valence-electron chi connectivity index (χ4n) is 4.54. The van der Waals surface area contributed by atoms with Gasteiger partial charge in [0.2, 0.25) is 5.91 Å². The second kappa shape index (κ2) is 13.3. The molecule has 1 aromatic heterocycles. The quantitative estimate of drug-likeness (QED) is 0.257. The van der Waals surface area contributed by atoms with Crippen LogP contribution in [0.4, 0.5) is 13.2 Å². The van der Waals surface area contributed by atoms with Crippen LogP contribution in [0, 0.1) is 17.5 Å². The van der Waals surface area contributed by atoms with Crippen molar-refractivity contribution in [2.45, 2.75) is 54.5 Å². The van der Waals surface area contributed by atoms with E-state index in [1.807, 2.05) is 6.07 Å². The molecule has 0 bridgehead atoms. The van der Waals surface area contributed by atoms with Gasteiger partial charge in [-0.3, -0.25) is 4.79 Å². The highest BCUT2D eigenvalue weighted by Gasteiger charge is 2.48. The third-order valence-corrected chi connectivity index (χ3v) is 8.42. The van der Waals surface area contributed by atoms with E-state index >= 15 is 0 Å². The number of aliphatic hydroxyl groups excluding tert-OH is 4. The second-order valence-corrected chi connectivity index (χ2v) is 10.9. The standard InChI is InChI=1S/C27H31F3N4O6S/c1-3-33(2)26(39)25(19(36)9-14-7-5-4-6-8-14)41-27-24(38)22(23(37)20(13-35)40-27)34-12-18(31-32-34)15-10-16(28)21(30)17(29)11-15/h4-8,10-12,19-20,22-25,27,35-38H,3,9,13H2,1-2H3/t19-,20-,22+,23+,24-,25+,27+/m1/s1. The maximum Gasteiger partial charge on any atom is 0.238 e. The molecule has 0 unspecified atom stereocenters. The molecule has 0 aliphatic carbocycles. The smallest absolute Gasteiger partial charge is 0.238 e. The number of thioether (sulfide) groups is 1. The third kappa shape index (κ3) is 6.74. The van der Waals surface area contributed by atoms with Crippen molar-refractivity contribution in [2.75, 3.05) is 20.2 Å². The molecular weight excluding hydrogens is 565 g/mol. The minimum Gasteiger partial charge on any atom is -0.394 e. The average Bonchev–Trinajstić information content (AvgIpc) is 3.45. The van der Waals surface area contributed by atoms with Crippen molar-refractivity contribution in [3.8, 4) is 11.3 Å². The largest absolute Gasteiger partial charge is 0.394 e. The van der Waals surface area contributed by atoms with Crippen molar-refractivity contribution in [3.05, 3.63) is 71.7 Å². The van der Waals surface area contributed by atoms with Crippen molar-refractivity contribution in [2.24, 2.45) is 0 Å². The summed E-state index contributed by atoms with van der Waals surface area (Å²) in [6, 6.07) is 9.22.